The highest BCUT2D eigenvalue weighted by Gasteiger charge is 2.14. The minimum Gasteiger partial charge on any atom is -0.326 e. The highest BCUT2D eigenvalue weighted by molar-refractivity contribution is 8.00. The third kappa shape index (κ3) is 3.56. The Kier molecular flexibility index (Phi) is 3.61. The van der Waals surface area contributed by atoms with Crippen LogP contribution < -0.4 is 0 Å². The molecule has 0 aliphatic carbocycles. The molecule has 0 radical (unpaired) electrons. The van der Waals surface area contributed by atoms with Crippen molar-refractivity contribution in [3.05, 3.63) is 12.4 Å². The number of thioether (sulfide) groups is 1. The summed E-state index contributed by atoms with van der Waals surface area (Å²) in [7, 11) is -0.939. The number of hydrogen-bond donors (Lipinski definition) is 0. The van der Waals surface area contributed by atoms with Gasteiger partial charge >= 0.3 is 0 Å². The highest BCUT2D eigenvalue weighted by atomic mass is 32.2. The molecule has 13 heavy (non-hydrogen) atoms. The summed E-state index contributed by atoms with van der Waals surface area (Å²) < 4.78 is 2.20. The third-order valence-electron chi connectivity index (χ3n) is 1.65. The molecule has 4 heteroatoms. The second-order valence-corrected chi connectivity index (χ2v) is 11.3. The lowest BCUT2D eigenvalue weighted by Gasteiger charge is -2.14. The summed E-state index contributed by atoms with van der Waals surface area (Å²) in [5.41, 5.74) is 0. The van der Waals surface area contributed by atoms with Crippen molar-refractivity contribution in [1.82, 2.24) is 9.55 Å². The monoisotopic (exact) mass is 214 g/mol. The van der Waals surface area contributed by atoms with Crippen LogP contribution in [0.1, 0.15) is 6.92 Å². The van der Waals surface area contributed by atoms with Gasteiger partial charge < -0.3 is 4.57 Å². The van der Waals surface area contributed by atoms with Crippen LogP contribution in [0.2, 0.25) is 19.6 Å². The normalized spacial score (nSPS) is 12.0. The standard InChI is InChI=1S/C9H18N2SSi/c1-5-11-7-6-10-9(11)12-8-13(2,3)4/h6-7H,5,8H2,1-4H3. The van der Waals surface area contributed by atoms with Crippen molar-refractivity contribution < 1.29 is 0 Å². The van der Waals surface area contributed by atoms with Gasteiger partial charge in [0.15, 0.2) is 5.16 Å². The largest absolute Gasteiger partial charge is 0.326 e. The van der Waals surface area contributed by atoms with Crippen molar-refractivity contribution in [2.75, 3.05) is 5.38 Å². The predicted molar refractivity (Wildman–Crippen MR) is 62.0 cm³/mol. The molecule has 0 aliphatic rings. The molecule has 1 rings (SSSR count). The molecule has 0 saturated heterocycles. The Bertz CT molecular complexity index is 265. The first-order valence-electron chi connectivity index (χ1n) is 4.67. The average molecular weight is 214 g/mol. The van der Waals surface area contributed by atoms with Gasteiger partial charge in [0.2, 0.25) is 0 Å². The smallest absolute Gasteiger partial charge is 0.167 e. The minimum absolute atomic E-state index is 0.939. The van der Waals surface area contributed by atoms with Gasteiger partial charge in [-0.3, -0.25) is 0 Å². The lowest BCUT2D eigenvalue weighted by Crippen LogP contribution is -2.24. The van der Waals surface area contributed by atoms with Gasteiger partial charge in [0.1, 0.15) is 0 Å². The van der Waals surface area contributed by atoms with Crippen LogP contribution in [0.4, 0.5) is 0 Å². The van der Waals surface area contributed by atoms with Crippen LogP contribution in [0.3, 0.4) is 0 Å². The van der Waals surface area contributed by atoms with Crippen LogP contribution in [0.5, 0.6) is 0 Å². The molecule has 74 valence electrons. The van der Waals surface area contributed by atoms with E-state index in [1.807, 2.05) is 24.2 Å². The number of aromatic nitrogens is 2. The second kappa shape index (κ2) is 4.33. The lowest BCUT2D eigenvalue weighted by molar-refractivity contribution is 0.681. The van der Waals surface area contributed by atoms with Crippen LogP contribution in [-0.4, -0.2) is 23.0 Å². The fourth-order valence-corrected chi connectivity index (χ4v) is 3.70. The first-order chi connectivity index (χ1) is 6.03. The van der Waals surface area contributed by atoms with E-state index in [0.717, 1.165) is 6.54 Å². The van der Waals surface area contributed by atoms with E-state index in [0.29, 0.717) is 0 Å². The van der Waals surface area contributed by atoms with Crippen molar-refractivity contribution in [2.45, 2.75) is 38.3 Å². The van der Waals surface area contributed by atoms with E-state index in [1.165, 1.54) is 10.5 Å². The highest BCUT2D eigenvalue weighted by Crippen LogP contribution is 2.20. The van der Waals surface area contributed by atoms with E-state index < -0.39 is 8.07 Å². The average Bonchev–Trinajstić information content (AvgIpc) is 2.46. The molecule has 0 unspecified atom stereocenters. The van der Waals surface area contributed by atoms with Gasteiger partial charge in [0.05, 0.1) is 8.07 Å². The van der Waals surface area contributed by atoms with Gasteiger partial charge in [-0.25, -0.2) is 4.98 Å². The Balaban J connectivity index is 2.54. The summed E-state index contributed by atoms with van der Waals surface area (Å²) >= 11 is 1.90. The van der Waals surface area contributed by atoms with E-state index in [2.05, 4.69) is 36.1 Å². The molecular formula is C9H18N2SSi. The van der Waals surface area contributed by atoms with Gasteiger partial charge in [-0.15, -0.1) is 0 Å². The maximum Gasteiger partial charge on any atom is 0.167 e. The Labute approximate surface area is 85.8 Å². The zero-order valence-electron chi connectivity index (χ0n) is 8.87. The van der Waals surface area contributed by atoms with E-state index in [-0.39, 0.29) is 0 Å². The molecular weight excluding hydrogens is 196 g/mol. The summed E-state index contributed by atoms with van der Waals surface area (Å²) in [5, 5.41) is 2.43. The third-order valence-corrected chi connectivity index (χ3v) is 6.29. The lowest BCUT2D eigenvalue weighted by atomic mass is 10.7. The van der Waals surface area contributed by atoms with Crippen molar-refractivity contribution in [2.24, 2.45) is 0 Å². The fourth-order valence-electron chi connectivity index (χ4n) is 0.957. The summed E-state index contributed by atoms with van der Waals surface area (Å²) in [6, 6.07) is 0. The van der Waals surface area contributed by atoms with Crippen molar-refractivity contribution in [3.8, 4) is 0 Å². The van der Waals surface area contributed by atoms with Crippen molar-refractivity contribution in [1.29, 1.82) is 0 Å². The Morgan fingerprint density at radius 3 is 2.69 bits per heavy atom. The molecule has 1 heterocycles. The van der Waals surface area contributed by atoms with E-state index in [4.69, 9.17) is 0 Å². The molecule has 0 atom stereocenters. The Morgan fingerprint density at radius 1 is 1.46 bits per heavy atom. The molecule has 0 saturated carbocycles. The Morgan fingerprint density at radius 2 is 2.15 bits per heavy atom. The summed E-state index contributed by atoms with van der Waals surface area (Å²) in [4.78, 5) is 4.34. The van der Waals surface area contributed by atoms with Gasteiger partial charge in [-0.05, 0) is 12.3 Å². The number of aryl methyl sites for hydroxylation is 1. The predicted octanol–water partition coefficient (Wildman–Crippen LogP) is 2.87. The van der Waals surface area contributed by atoms with Crippen molar-refractivity contribution in [3.63, 3.8) is 0 Å². The van der Waals surface area contributed by atoms with Crippen LogP contribution in [-0.2, 0) is 6.54 Å². The Hall–Kier alpha value is -0.223. The second-order valence-electron chi connectivity index (χ2n) is 4.35. The summed E-state index contributed by atoms with van der Waals surface area (Å²) in [5.74, 6) is 0. The zero-order chi connectivity index (χ0) is 9.90. The molecule has 2 nitrogen and oxygen atoms in total. The molecule has 0 bridgehead atoms. The molecule has 0 fully saturated rings. The van der Waals surface area contributed by atoms with Gasteiger partial charge in [0.25, 0.3) is 0 Å². The number of hydrogen-bond acceptors (Lipinski definition) is 2. The molecule has 0 amide bonds. The van der Waals surface area contributed by atoms with E-state index in [9.17, 15) is 0 Å². The molecule has 0 aliphatic heterocycles. The van der Waals surface area contributed by atoms with E-state index >= 15 is 0 Å². The minimum atomic E-state index is -0.939. The SMILES string of the molecule is CCn1ccnc1SC[Si](C)(C)C. The topological polar surface area (TPSA) is 17.8 Å². The van der Waals surface area contributed by atoms with Crippen LogP contribution >= 0.6 is 11.8 Å². The van der Waals surface area contributed by atoms with Gasteiger partial charge in [0, 0.05) is 18.9 Å². The first-order valence-corrected chi connectivity index (χ1v) is 9.36. The maximum absolute atomic E-state index is 4.34. The molecule has 0 spiro atoms. The zero-order valence-corrected chi connectivity index (χ0v) is 10.7. The summed E-state index contributed by atoms with van der Waals surface area (Å²) in [6.07, 6.45) is 3.93. The summed E-state index contributed by atoms with van der Waals surface area (Å²) in [6.45, 7) is 10.3. The van der Waals surface area contributed by atoms with Gasteiger partial charge in [-0.1, -0.05) is 31.4 Å². The van der Waals surface area contributed by atoms with Crippen LogP contribution in [0, 0.1) is 0 Å². The number of rotatable bonds is 4. The van der Waals surface area contributed by atoms with Crippen molar-refractivity contribution >= 4 is 19.8 Å². The maximum atomic E-state index is 4.34. The van der Waals surface area contributed by atoms with E-state index in [1.54, 1.807) is 0 Å². The molecule has 1 aromatic rings. The molecule has 1 aromatic heterocycles. The molecule has 0 N–H and O–H groups in total. The quantitative estimate of drug-likeness (QED) is 0.566. The number of imidazole rings is 1. The van der Waals surface area contributed by atoms with Crippen LogP contribution in [0.15, 0.2) is 17.6 Å². The molecule has 0 aromatic carbocycles. The van der Waals surface area contributed by atoms with Gasteiger partial charge in [-0.2, -0.15) is 0 Å². The van der Waals surface area contributed by atoms with Crippen LogP contribution in [0.25, 0.3) is 0 Å². The fraction of sp³-hybridized carbons (Fsp3) is 0.667. The first kappa shape index (κ1) is 10.9. The number of nitrogens with zero attached hydrogens (tertiary/aromatic N) is 2.